The van der Waals surface area contributed by atoms with Crippen LogP contribution in [0.1, 0.15) is 17.2 Å². The number of hydrogen-bond donors (Lipinski definition) is 2. The summed E-state index contributed by atoms with van der Waals surface area (Å²) in [6, 6.07) is 11.8. The highest BCUT2D eigenvalue weighted by atomic mass is 35.5. The molecule has 2 heterocycles. The van der Waals surface area contributed by atoms with Gasteiger partial charge in [-0.25, -0.2) is 9.18 Å². The first-order valence-electron chi connectivity index (χ1n) is 9.67. The van der Waals surface area contributed by atoms with Gasteiger partial charge in [0.2, 0.25) is 5.91 Å². The number of amides is 4. The Morgan fingerprint density at radius 2 is 1.90 bits per heavy atom. The maximum atomic E-state index is 13.2. The number of carbonyl (C=O) groups excluding carboxylic acids is 3. The van der Waals surface area contributed by atoms with Crippen molar-refractivity contribution >= 4 is 29.4 Å². The molecule has 0 radical (unpaired) electrons. The summed E-state index contributed by atoms with van der Waals surface area (Å²) in [7, 11) is 1.58. The molecule has 2 aromatic carbocycles. The van der Waals surface area contributed by atoms with Crippen LogP contribution in [0, 0.1) is 5.82 Å². The van der Waals surface area contributed by atoms with E-state index in [-0.39, 0.29) is 43.3 Å². The first-order chi connectivity index (χ1) is 14.8. The Morgan fingerprint density at radius 1 is 1.19 bits per heavy atom. The van der Waals surface area contributed by atoms with Gasteiger partial charge in [0.25, 0.3) is 5.91 Å². The average molecular weight is 443 g/mol. The maximum Gasteiger partial charge on any atom is 0.322 e. The Labute approximate surface area is 183 Å². The summed E-state index contributed by atoms with van der Waals surface area (Å²) < 4.78 is 13.0. The minimum atomic E-state index is -0.688. The third kappa shape index (κ3) is 4.11. The summed E-state index contributed by atoms with van der Waals surface area (Å²) in [6.07, 6.45) is 0. The number of nitrogens with one attached hydrogen (secondary N) is 2. The number of urea groups is 1. The summed E-state index contributed by atoms with van der Waals surface area (Å²) in [6.45, 7) is 0.198. The fourth-order valence-electron chi connectivity index (χ4n) is 3.73. The van der Waals surface area contributed by atoms with Gasteiger partial charge in [0, 0.05) is 18.6 Å². The average Bonchev–Trinajstić information content (AvgIpc) is 3.07. The second-order valence-electron chi connectivity index (χ2n) is 7.39. The molecule has 2 aliphatic heterocycles. The summed E-state index contributed by atoms with van der Waals surface area (Å²) >= 11 is 6.31. The van der Waals surface area contributed by atoms with Crippen LogP contribution in [-0.2, 0) is 16.1 Å². The first-order valence-corrected chi connectivity index (χ1v) is 10.0. The van der Waals surface area contributed by atoms with Crippen molar-refractivity contribution in [1.82, 2.24) is 20.4 Å². The fourth-order valence-corrected chi connectivity index (χ4v) is 3.97. The van der Waals surface area contributed by atoms with Crippen molar-refractivity contribution in [2.75, 3.05) is 20.1 Å². The predicted molar refractivity (Wildman–Crippen MR) is 112 cm³/mol. The highest BCUT2D eigenvalue weighted by Crippen LogP contribution is 2.37. The van der Waals surface area contributed by atoms with Gasteiger partial charge in [0.05, 0.1) is 23.9 Å². The van der Waals surface area contributed by atoms with Crippen LogP contribution in [0.5, 0.6) is 0 Å². The number of hydrogen-bond acceptors (Lipinski definition) is 3. The third-order valence-electron chi connectivity index (χ3n) is 5.39. The highest BCUT2D eigenvalue weighted by molar-refractivity contribution is 6.31. The fraction of sp³-hybridized carbons (Fsp3) is 0.227. The van der Waals surface area contributed by atoms with E-state index in [1.165, 1.54) is 21.9 Å². The molecular formula is C22H20ClFN4O3. The summed E-state index contributed by atoms with van der Waals surface area (Å²) in [5.74, 6) is -1.03. The molecule has 1 unspecified atom stereocenters. The van der Waals surface area contributed by atoms with Crippen molar-refractivity contribution in [3.8, 4) is 0 Å². The SMILES string of the molecule is CN1C(=O)NC(c2ccccc2Cl)C2=C1CN(CC(=O)NCc1ccc(F)cc1)C2=O. The minimum Gasteiger partial charge on any atom is -0.350 e. The van der Waals surface area contributed by atoms with Crippen LogP contribution in [0.25, 0.3) is 0 Å². The number of likely N-dealkylation sites (N-methyl/N-ethyl adjacent to an activating group) is 1. The van der Waals surface area contributed by atoms with Crippen molar-refractivity contribution in [3.63, 3.8) is 0 Å². The lowest BCUT2D eigenvalue weighted by atomic mass is 9.96. The van der Waals surface area contributed by atoms with E-state index in [0.29, 0.717) is 21.9 Å². The first kappa shape index (κ1) is 20.9. The van der Waals surface area contributed by atoms with Gasteiger partial charge < -0.3 is 15.5 Å². The molecule has 7 nitrogen and oxygen atoms in total. The molecule has 2 aromatic rings. The zero-order valence-electron chi connectivity index (χ0n) is 16.7. The van der Waals surface area contributed by atoms with Gasteiger partial charge in [-0.15, -0.1) is 0 Å². The molecule has 31 heavy (non-hydrogen) atoms. The minimum absolute atomic E-state index is 0.142. The quantitative estimate of drug-likeness (QED) is 0.746. The van der Waals surface area contributed by atoms with Crippen LogP contribution < -0.4 is 10.6 Å². The molecular weight excluding hydrogens is 423 g/mol. The van der Waals surface area contributed by atoms with E-state index in [2.05, 4.69) is 10.6 Å². The standard InChI is InChI=1S/C22H20ClFN4O3/c1-27-17-11-28(12-18(29)25-10-13-6-8-14(24)9-7-13)21(30)19(17)20(26-22(27)31)15-4-2-3-5-16(15)23/h2-9,20H,10-12H2,1H3,(H,25,29)(H,26,31). The normalized spacial score (nSPS) is 18.2. The van der Waals surface area contributed by atoms with Crippen LogP contribution in [-0.4, -0.2) is 47.8 Å². The molecule has 0 aliphatic carbocycles. The second kappa shape index (κ2) is 8.39. The number of halogens is 2. The molecule has 4 amide bonds. The van der Waals surface area contributed by atoms with Crippen molar-refractivity contribution in [1.29, 1.82) is 0 Å². The van der Waals surface area contributed by atoms with Crippen LogP contribution >= 0.6 is 11.6 Å². The smallest absolute Gasteiger partial charge is 0.322 e. The topological polar surface area (TPSA) is 81.8 Å². The monoisotopic (exact) mass is 442 g/mol. The van der Waals surface area contributed by atoms with Gasteiger partial charge in [-0.1, -0.05) is 41.9 Å². The van der Waals surface area contributed by atoms with Crippen LogP contribution in [0.2, 0.25) is 5.02 Å². The number of carbonyl (C=O) groups is 3. The van der Waals surface area contributed by atoms with Gasteiger partial charge in [-0.05, 0) is 29.3 Å². The maximum absolute atomic E-state index is 13.2. The van der Waals surface area contributed by atoms with E-state index in [1.807, 2.05) is 0 Å². The van der Waals surface area contributed by atoms with Gasteiger partial charge in [-0.3, -0.25) is 14.5 Å². The zero-order valence-corrected chi connectivity index (χ0v) is 17.4. The summed E-state index contributed by atoms with van der Waals surface area (Å²) in [5, 5.41) is 5.98. The number of nitrogens with zero attached hydrogens (tertiary/aromatic N) is 2. The Bertz CT molecular complexity index is 1090. The molecule has 2 N–H and O–H groups in total. The van der Waals surface area contributed by atoms with E-state index < -0.39 is 6.04 Å². The highest BCUT2D eigenvalue weighted by Gasteiger charge is 2.43. The second-order valence-corrected chi connectivity index (χ2v) is 7.80. The Kier molecular flexibility index (Phi) is 5.65. The van der Waals surface area contributed by atoms with E-state index in [1.54, 1.807) is 43.4 Å². The number of benzene rings is 2. The molecule has 1 atom stereocenters. The van der Waals surface area contributed by atoms with Crippen molar-refractivity contribution in [2.24, 2.45) is 0 Å². The van der Waals surface area contributed by atoms with Crippen molar-refractivity contribution in [3.05, 3.63) is 81.8 Å². The molecule has 160 valence electrons. The Balaban J connectivity index is 1.49. The Hall–Kier alpha value is -3.39. The van der Waals surface area contributed by atoms with Crippen LogP contribution in [0.3, 0.4) is 0 Å². The van der Waals surface area contributed by atoms with Crippen LogP contribution in [0.15, 0.2) is 59.8 Å². The molecule has 0 saturated carbocycles. The van der Waals surface area contributed by atoms with E-state index >= 15 is 0 Å². The van der Waals surface area contributed by atoms with E-state index in [9.17, 15) is 18.8 Å². The molecule has 0 saturated heterocycles. The van der Waals surface area contributed by atoms with Crippen LogP contribution in [0.4, 0.5) is 9.18 Å². The predicted octanol–water partition coefficient (Wildman–Crippen LogP) is 2.59. The lowest BCUT2D eigenvalue weighted by Gasteiger charge is -2.31. The largest absolute Gasteiger partial charge is 0.350 e. The zero-order chi connectivity index (χ0) is 22.1. The van der Waals surface area contributed by atoms with Gasteiger partial charge >= 0.3 is 6.03 Å². The summed E-state index contributed by atoms with van der Waals surface area (Å²) in [5.41, 5.74) is 2.31. The lowest BCUT2D eigenvalue weighted by Crippen LogP contribution is -2.45. The lowest BCUT2D eigenvalue weighted by molar-refractivity contribution is -0.132. The van der Waals surface area contributed by atoms with Crippen molar-refractivity contribution < 1.29 is 18.8 Å². The molecule has 9 heteroatoms. The molecule has 0 fully saturated rings. The van der Waals surface area contributed by atoms with E-state index in [0.717, 1.165) is 5.56 Å². The van der Waals surface area contributed by atoms with Gasteiger partial charge in [-0.2, -0.15) is 0 Å². The summed E-state index contributed by atoms with van der Waals surface area (Å²) in [4.78, 5) is 40.8. The Morgan fingerprint density at radius 3 is 2.61 bits per heavy atom. The molecule has 0 bridgehead atoms. The molecule has 0 spiro atoms. The van der Waals surface area contributed by atoms with Crippen molar-refractivity contribution in [2.45, 2.75) is 12.6 Å². The van der Waals surface area contributed by atoms with E-state index in [4.69, 9.17) is 11.6 Å². The van der Waals surface area contributed by atoms with Gasteiger partial charge in [0.15, 0.2) is 0 Å². The molecule has 4 rings (SSSR count). The number of rotatable bonds is 5. The van der Waals surface area contributed by atoms with Gasteiger partial charge in [0.1, 0.15) is 12.4 Å². The molecule has 0 aromatic heterocycles. The third-order valence-corrected chi connectivity index (χ3v) is 5.73. The molecule has 2 aliphatic rings.